The highest BCUT2D eigenvalue weighted by atomic mass is 35.5. The van der Waals surface area contributed by atoms with Gasteiger partial charge >= 0.3 is 0 Å². The minimum Gasteiger partial charge on any atom is -0.379 e. The first kappa shape index (κ1) is 41.6. The summed E-state index contributed by atoms with van der Waals surface area (Å²) in [6, 6.07) is 15.8. The van der Waals surface area contributed by atoms with E-state index in [-0.39, 0.29) is 41.9 Å². The van der Waals surface area contributed by atoms with Gasteiger partial charge < -0.3 is 29.9 Å². The van der Waals surface area contributed by atoms with Gasteiger partial charge in [0, 0.05) is 70.6 Å². The molecule has 2 N–H and O–H groups in total. The van der Waals surface area contributed by atoms with Crippen LogP contribution >= 0.6 is 11.6 Å². The molecule has 0 unspecified atom stereocenters. The number of ether oxygens (including phenoxy) is 2. The van der Waals surface area contributed by atoms with Gasteiger partial charge in [0.05, 0.1) is 19.8 Å². The van der Waals surface area contributed by atoms with E-state index in [2.05, 4.69) is 15.6 Å². The van der Waals surface area contributed by atoms with Crippen LogP contribution in [0.1, 0.15) is 62.5 Å². The summed E-state index contributed by atoms with van der Waals surface area (Å²) >= 11 is 5.69. The molecule has 0 radical (unpaired) electrons. The van der Waals surface area contributed by atoms with Crippen molar-refractivity contribution in [1.29, 1.82) is 0 Å². The number of rotatable bonds is 21. The molecule has 0 spiro atoms. The van der Waals surface area contributed by atoms with Crippen molar-refractivity contribution in [1.82, 2.24) is 15.5 Å². The first-order chi connectivity index (χ1) is 25.6. The van der Waals surface area contributed by atoms with Gasteiger partial charge in [0.2, 0.25) is 11.8 Å². The van der Waals surface area contributed by atoms with Crippen LogP contribution < -0.4 is 20.4 Å². The van der Waals surface area contributed by atoms with Crippen LogP contribution in [0, 0.1) is 5.92 Å². The topological polar surface area (TPSA) is 116 Å². The lowest BCUT2D eigenvalue weighted by atomic mass is 9.85. The van der Waals surface area contributed by atoms with Crippen LogP contribution in [0.4, 0.5) is 11.4 Å². The number of nitrogens with zero attached hydrogens (tertiary/aromatic N) is 4. The average molecular weight is 749 g/mol. The Morgan fingerprint density at radius 3 is 2.04 bits per heavy atom. The predicted octanol–water partition coefficient (Wildman–Crippen LogP) is 5.74. The van der Waals surface area contributed by atoms with E-state index in [4.69, 9.17) is 21.1 Å². The number of amidine groups is 1. The number of hydrogen-bond donors (Lipinski definition) is 2. The number of carbonyl (C=O) groups excluding carboxylic acids is 3. The van der Waals surface area contributed by atoms with Crippen LogP contribution in [0.15, 0.2) is 65.3 Å². The summed E-state index contributed by atoms with van der Waals surface area (Å²) in [7, 11) is 7.93. The number of nitrogens with one attached hydrogen (secondary N) is 2. The van der Waals surface area contributed by atoms with E-state index >= 15 is 0 Å². The van der Waals surface area contributed by atoms with Crippen molar-refractivity contribution < 1.29 is 23.9 Å². The van der Waals surface area contributed by atoms with Crippen molar-refractivity contribution in [3.8, 4) is 0 Å². The van der Waals surface area contributed by atoms with Crippen molar-refractivity contribution in [3.63, 3.8) is 0 Å². The number of unbranched alkanes of at least 4 members (excludes halogenated alkanes) is 3. The molecule has 0 aromatic heterocycles. The average Bonchev–Trinajstić information content (AvgIpc) is 3.44. The van der Waals surface area contributed by atoms with E-state index in [1.165, 1.54) is 4.90 Å². The fourth-order valence-corrected chi connectivity index (χ4v) is 6.40. The van der Waals surface area contributed by atoms with Gasteiger partial charge in [-0.25, -0.2) is 4.99 Å². The van der Waals surface area contributed by atoms with E-state index in [1.54, 1.807) is 12.2 Å². The summed E-state index contributed by atoms with van der Waals surface area (Å²) in [4.78, 5) is 49.9. The molecular weight excluding hydrogens is 692 g/mol. The zero-order chi connectivity index (χ0) is 38.0. The molecule has 4 rings (SSSR count). The zero-order valence-corrected chi connectivity index (χ0v) is 32.6. The standard InChI is InChI=1S/C41H57ClN6O5/c1-46(2)35-18-9-31(10-19-35)13-22-38-45-37(29-32-11-20-36(21-12-32)47(3)4)41(51)48(38)30-39(49)44-34-16-14-33(15-17-34)40(50)43-24-26-53-28-27-52-25-8-6-5-7-23-42/h9-13,18-22,29,33-34H,5-8,14-17,23-28,30H2,1-4H3,(H,43,50)(H,44,49)/b22-13+,37-29+. The third-order valence-electron chi connectivity index (χ3n) is 9.38. The Bertz CT molecular complexity index is 1550. The summed E-state index contributed by atoms with van der Waals surface area (Å²) in [6.45, 7) is 2.52. The molecule has 1 fully saturated rings. The highest BCUT2D eigenvalue weighted by Gasteiger charge is 2.32. The molecule has 1 aliphatic heterocycles. The first-order valence-corrected chi connectivity index (χ1v) is 19.3. The van der Waals surface area contributed by atoms with Crippen LogP contribution in [0.2, 0.25) is 0 Å². The summed E-state index contributed by atoms with van der Waals surface area (Å²) in [5.41, 5.74) is 4.19. The zero-order valence-electron chi connectivity index (χ0n) is 31.8. The Balaban J connectivity index is 1.24. The fraction of sp³-hybridized carbons (Fsp3) is 0.512. The molecule has 0 bridgehead atoms. The van der Waals surface area contributed by atoms with E-state index in [9.17, 15) is 14.4 Å². The molecule has 0 atom stereocenters. The largest absolute Gasteiger partial charge is 0.379 e. The number of halogens is 1. The molecular formula is C41H57ClN6O5. The van der Waals surface area contributed by atoms with E-state index in [0.29, 0.717) is 63.8 Å². The quantitative estimate of drug-likeness (QED) is 0.0952. The van der Waals surface area contributed by atoms with Gasteiger partial charge in [-0.1, -0.05) is 43.2 Å². The van der Waals surface area contributed by atoms with E-state index in [1.807, 2.05) is 92.6 Å². The smallest absolute Gasteiger partial charge is 0.278 e. The monoisotopic (exact) mass is 748 g/mol. The minimum atomic E-state index is -0.329. The fourth-order valence-electron chi connectivity index (χ4n) is 6.21. The van der Waals surface area contributed by atoms with E-state index in [0.717, 1.165) is 54.8 Å². The number of benzene rings is 2. The Morgan fingerprint density at radius 1 is 0.811 bits per heavy atom. The summed E-state index contributed by atoms with van der Waals surface area (Å²) in [5.74, 6) is 0.460. The molecule has 11 nitrogen and oxygen atoms in total. The second kappa shape index (κ2) is 22.1. The van der Waals surface area contributed by atoms with E-state index < -0.39 is 0 Å². The maximum atomic E-state index is 13.7. The Kier molecular flexibility index (Phi) is 17.4. The van der Waals surface area contributed by atoms with Gasteiger partial charge in [0.1, 0.15) is 18.1 Å². The lowest BCUT2D eigenvalue weighted by Crippen LogP contribution is -2.46. The Labute approximate surface area is 320 Å². The predicted molar refractivity (Wildman–Crippen MR) is 215 cm³/mol. The molecule has 0 saturated heterocycles. The van der Waals surface area contributed by atoms with Crippen molar-refractivity contribution >= 4 is 58.7 Å². The van der Waals surface area contributed by atoms with Crippen LogP contribution in [0.3, 0.4) is 0 Å². The summed E-state index contributed by atoms with van der Waals surface area (Å²) in [6.07, 6.45) is 12.5. The van der Waals surface area contributed by atoms with Gasteiger partial charge in [-0.15, -0.1) is 11.6 Å². The van der Waals surface area contributed by atoms with Crippen LogP contribution in [-0.4, -0.2) is 108 Å². The SMILES string of the molecule is CN(C)c1ccc(/C=C/C2=NC(=C/c3ccc(N(C)C)cc3)/C(=O)N2CC(=O)NC2CCC(C(=O)NCCOCCOCCCCCCCl)CC2)cc1. The number of alkyl halides is 1. The number of carbonyl (C=O) groups is 3. The summed E-state index contributed by atoms with van der Waals surface area (Å²) in [5, 5.41) is 6.08. The number of amides is 3. The van der Waals surface area contributed by atoms with Gasteiger partial charge in [0.15, 0.2) is 0 Å². The number of aliphatic imine (C=N–C) groups is 1. The molecule has 3 amide bonds. The lowest BCUT2D eigenvalue weighted by Gasteiger charge is -2.29. The Hall–Kier alpha value is -4.19. The van der Waals surface area contributed by atoms with Crippen LogP contribution in [0.25, 0.3) is 12.2 Å². The highest BCUT2D eigenvalue weighted by Crippen LogP contribution is 2.25. The minimum absolute atomic E-state index is 0.0221. The van der Waals surface area contributed by atoms with Gasteiger partial charge in [-0.05, 0) is 86.1 Å². The second-order valence-electron chi connectivity index (χ2n) is 13.9. The molecule has 53 heavy (non-hydrogen) atoms. The molecule has 12 heteroatoms. The van der Waals surface area contributed by atoms with Crippen molar-refractivity contribution in [3.05, 3.63) is 71.4 Å². The van der Waals surface area contributed by atoms with Gasteiger partial charge in [-0.2, -0.15) is 0 Å². The molecule has 1 saturated carbocycles. The Morgan fingerprint density at radius 2 is 1.42 bits per heavy atom. The number of hydrogen-bond acceptors (Lipinski definition) is 8. The normalized spacial score (nSPS) is 18.1. The van der Waals surface area contributed by atoms with Gasteiger partial charge in [0.25, 0.3) is 5.91 Å². The lowest BCUT2D eigenvalue weighted by molar-refractivity contribution is -0.129. The molecule has 2 aromatic rings. The van der Waals surface area contributed by atoms with Crippen molar-refractivity contribution in [2.75, 3.05) is 83.4 Å². The van der Waals surface area contributed by atoms with Crippen LogP contribution in [0.5, 0.6) is 0 Å². The molecule has 1 heterocycles. The number of anilines is 2. The third kappa shape index (κ3) is 13.9. The maximum Gasteiger partial charge on any atom is 0.278 e. The maximum absolute atomic E-state index is 13.7. The first-order valence-electron chi connectivity index (χ1n) is 18.8. The van der Waals surface area contributed by atoms with Crippen molar-refractivity contribution in [2.45, 2.75) is 57.4 Å². The van der Waals surface area contributed by atoms with Crippen LogP contribution in [-0.2, 0) is 23.9 Å². The second-order valence-corrected chi connectivity index (χ2v) is 14.3. The summed E-state index contributed by atoms with van der Waals surface area (Å²) < 4.78 is 11.2. The molecule has 2 aromatic carbocycles. The van der Waals surface area contributed by atoms with Crippen molar-refractivity contribution in [2.24, 2.45) is 10.9 Å². The highest BCUT2D eigenvalue weighted by molar-refractivity contribution is 6.19. The van der Waals surface area contributed by atoms with Gasteiger partial charge in [-0.3, -0.25) is 19.3 Å². The molecule has 1 aliphatic carbocycles. The third-order valence-corrected chi connectivity index (χ3v) is 9.65. The molecule has 288 valence electrons. The molecule has 2 aliphatic rings.